The van der Waals surface area contributed by atoms with Gasteiger partial charge in [0.1, 0.15) is 5.60 Å². The number of carbonyl (C=O) groups is 1. The van der Waals surface area contributed by atoms with Crippen molar-refractivity contribution in [3.8, 4) is 0 Å². The summed E-state index contributed by atoms with van der Waals surface area (Å²) in [4.78, 5) is 16.7. The van der Waals surface area contributed by atoms with E-state index in [9.17, 15) is 9.90 Å². The molecule has 1 amide bonds. The fourth-order valence-electron chi connectivity index (χ4n) is 2.72. The highest BCUT2D eigenvalue weighted by atomic mass is 127. The van der Waals surface area contributed by atoms with E-state index < -0.39 is 5.60 Å². The number of nitrogens with one attached hydrogen (secondary N) is 3. The first-order chi connectivity index (χ1) is 13.9. The van der Waals surface area contributed by atoms with Crippen molar-refractivity contribution in [2.45, 2.75) is 39.3 Å². The Labute approximate surface area is 195 Å². The topological polar surface area (TPSA) is 104 Å². The van der Waals surface area contributed by atoms with Gasteiger partial charge in [0.05, 0.1) is 19.3 Å². The monoisotopic (exact) mass is 528 g/mol. The van der Waals surface area contributed by atoms with Crippen molar-refractivity contribution in [3.63, 3.8) is 0 Å². The number of guanidine groups is 1. The standard InChI is InChI=1S/C21H32N6O2.HI/c1-5-10-23-19(28)17-9-7-8-16(11-17)12-24-20(22-6-2)25-15-21(3,29)18-13-26-27(4)14-18;/h7-9,11,13-14,29H,5-6,10,12,15H2,1-4H3,(H,23,28)(H2,22,24,25);1H. The molecule has 1 atom stereocenters. The zero-order valence-electron chi connectivity index (χ0n) is 18.1. The highest BCUT2D eigenvalue weighted by Crippen LogP contribution is 2.18. The number of aliphatic imine (C=N–C) groups is 1. The third-order valence-corrected chi connectivity index (χ3v) is 4.42. The van der Waals surface area contributed by atoms with Gasteiger partial charge in [0.2, 0.25) is 0 Å². The van der Waals surface area contributed by atoms with Gasteiger partial charge in [-0.05, 0) is 38.0 Å². The maximum Gasteiger partial charge on any atom is 0.251 e. The predicted molar refractivity (Wildman–Crippen MR) is 130 cm³/mol. The number of halogens is 1. The first-order valence-electron chi connectivity index (χ1n) is 9.96. The largest absolute Gasteiger partial charge is 0.383 e. The highest BCUT2D eigenvalue weighted by Gasteiger charge is 2.25. The van der Waals surface area contributed by atoms with Crippen molar-refractivity contribution in [1.29, 1.82) is 0 Å². The van der Waals surface area contributed by atoms with E-state index in [1.807, 2.05) is 39.1 Å². The van der Waals surface area contributed by atoms with Crippen LogP contribution in [0.3, 0.4) is 0 Å². The van der Waals surface area contributed by atoms with Crippen molar-refractivity contribution < 1.29 is 9.90 Å². The molecule has 30 heavy (non-hydrogen) atoms. The van der Waals surface area contributed by atoms with Crippen LogP contribution in [0.1, 0.15) is 48.7 Å². The summed E-state index contributed by atoms with van der Waals surface area (Å²) < 4.78 is 1.66. The van der Waals surface area contributed by atoms with Crippen LogP contribution < -0.4 is 16.0 Å². The highest BCUT2D eigenvalue weighted by molar-refractivity contribution is 14.0. The lowest BCUT2D eigenvalue weighted by atomic mass is 10.00. The molecule has 0 radical (unpaired) electrons. The third kappa shape index (κ3) is 7.94. The quantitative estimate of drug-likeness (QED) is 0.227. The Morgan fingerprint density at radius 2 is 2.03 bits per heavy atom. The summed E-state index contributed by atoms with van der Waals surface area (Å²) in [6.45, 7) is 7.79. The number of benzene rings is 1. The van der Waals surface area contributed by atoms with Crippen LogP contribution in [-0.2, 0) is 19.2 Å². The minimum Gasteiger partial charge on any atom is -0.383 e. The average molecular weight is 528 g/mol. The lowest BCUT2D eigenvalue weighted by molar-refractivity contribution is 0.0616. The van der Waals surface area contributed by atoms with E-state index in [0.29, 0.717) is 31.2 Å². The molecular weight excluding hydrogens is 495 g/mol. The molecule has 0 saturated carbocycles. The molecule has 0 spiro atoms. The summed E-state index contributed by atoms with van der Waals surface area (Å²) in [5, 5.41) is 24.1. The van der Waals surface area contributed by atoms with Gasteiger partial charge in [0.15, 0.2) is 5.96 Å². The number of hydrogen-bond acceptors (Lipinski definition) is 4. The molecule has 1 heterocycles. The molecular formula is C21H33IN6O2. The van der Waals surface area contributed by atoms with Crippen LogP contribution in [0.5, 0.6) is 0 Å². The van der Waals surface area contributed by atoms with Gasteiger partial charge in [0.25, 0.3) is 5.91 Å². The van der Waals surface area contributed by atoms with Crippen molar-refractivity contribution in [2.75, 3.05) is 19.6 Å². The number of amides is 1. The van der Waals surface area contributed by atoms with Crippen molar-refractivity contribution in [1.82, 2.24) is 25.7 Å². The number of carbonyl (C=O) groups excluding carboxylic acids is 1. The molecule has 0 fully saturated rings. The minimum atomic E-state index is -1.08. The Morgan fingerprint density at radius 3 is 2.67 bits per heavy atom. The zero-order chi connectivity index (χ0) is 21.3. The van der Waals surface area contributed by atoms with E-state index in [0.717, 1.165) is 17.5 Å². The van der Waals surface area contributed by atoms with Gasteiger partial charge in [-0.3, -0.25) is 9.48 Å². The lowest BCUT2D eigenvalue weighted by Crippen LogP contribution is -2.44. The van der Waals surface area contributed by atoms with Gasteiger partial charge in [0, 0.05) is 37.5 Å². The van der Waals surface area contributed by atoms with E-state index in [1.165, 1.54) is 0 Å². The lowest BCUT2D eigenvalue weighted by Gasteiger charge is -2.23. The molecule has 2 aromatic rings. The summed E-state index contributed by atoms with van der Waals surface area (Å²) >= 11 is 0. The van der Waals surface area contributed by atoms with Crippen LogP contribution >= 0.6 is 24.0 Å². The SMILES string of the molecule is CCCNC(=O)c1cccc(CN=C(NCC)NCC(C)(O)c2cnn(C)c2)c1.I. The number of aromatic nitrogens is 2. The van der Waals surface area contributed by atoms with Crippen molar-refractivity contribution >= 4 is 35.8 Å². The minimum absolute atomic E-state index is 0. The number of aliphatic hydroxyl groups is 1. The first kappa shape index (κ1) is 25.9. The van der Waals surface area contributed by atoms with Crippen LogP contribution in [-0.4, -0.2) is 46.4 Å². The maximum atomic E-state index is 12.1. The smallest absolute Gasteiger partial charge is 0.251 e. The van der Waals surface area contributed by atoms with E-state index in [4.69, 9.17) is 0 Å². The molecule has 1 unspecified atom stereocenters. The van der Waals surface area contributed by atoms with Gasteiger partial charge in [-0.15, -0.1) is 24.0 Å². The van der Waals surface area contributed by atoms with Crippen molar-refractivity contribution in [3.05, 3.63) is 53.3 Å². The Bertz CT molecular complexity index is 834. The summed E-state index contributed by atoms with van der Waals surface area (Å²) in [5.74, 6) is 0.521. The molecule has 0 aliphatic rings. The van der Waals surface area contributed by atoms with E-state index in [2.05, 4.69) is 26.0 Å². The maximum absolute atomic E-state index is 12.1. The second kappa shape index (κ2) is 12.5. The summed E-state index contributed by atoms with van der Waals surface area (Å²) in [7, 11) is 1.81. The Hall–Kier alpha value is -2.14. The molecule has 166 valence electrons. The Balaban J connectivity index is 0.00000450. The van der Waals surface area contributed by atoms with E-state index in [1.54, 1.807) is 30.1 Å². The van der Waals surface area contributed by atoms with Crippen LogP contribution in [0.15, 0.2) is 41.7 Å². The fourth-order valence-corrected chi connectivity index (χ4v) is 2.72. The van der Waals surface area contributed by atoms with Crippen LogP contribution in [0.2, 0.25) is 0 Å². The molecule has 0 bridgehead atoms. The van der Waals surface area contributed by atoms with Crippen LogP contribution in [0, 0.1) is 0 Å². The van der Waals surface area contributed by atoms with E-state index in [-0.39, 0.29) is 36.4 Å². The molecule has 8 nitrogen and oxygen atoms in total. The summed E-state index contributed by atoms with van der Waals surface area (Å²) in [6.07, 6.45) is 4.35. The molecule has 1 aromatic carbocycles. The first-order valence-corrected chi connectivity index (χ1v) is 9.96. The van der Waals surface area contributed by atoms with E-state index >= 15 is 0 Å². The zero-order valence-corrected chi connectivity index (χ0v) is 20.4. The average Bonchev–Trinajstić information content (AvgIpc) is 3.16. The molecule has 0 aliphatic heterocycles. The Kier molecular flexibility index (Phi) is 10.8. The van der Waals surface area contributed by atoms with Gasteiger partial charge in [-0.25, -0.2) is 4.99 Å². The number of hydrogen-bond donors (Lipinski definition) is 4. The third-order valence-electron chi connectivity index (χ3n) is 4.42. The van der Waals surface area contributed by atoms with Gasteiger partial charge in [-0.2, -0.15) is 5.10 Å². The normalized spacial score (nSPS) is 13.2. The summed E-state index contributed by atoms with van der Waals surface area (Å²) in [5.41, 5.74) is 1.21. The molecule has 0 aliphatic carbocycles. The van der Waals surface area contributed by atoms with Gasteiger partial charge < -0.3 is 21.1 Å². The van der Waals surface area contributed by atoms with Gasteiger partial charge in [-0.1, -0.05) is 19.1 Å². The number of rotatable bonds is 9. The molecule has 0 saturated heterocycles. The fraction of sp³-hybridized carbons (Fsp3) is 0.476. The Morgan fingerprint density at radius 1 is 1.27 bits per heavy atom. The molecule has 2 rings (SSSR count). The second-order valence-corrected chi connectivity index (χ2v) is 7.18. The molecule has 4 N–H and O–H groups in total. The molecule has 9 heteroatoms. The van der Waals surface area contributed by atoms with Crippen molar-refractivity contribution in [2.24, 2.45) is 12.0 Å². The van der Waals surface area contributed by atoms with Crippen LogP contribution in [0.25, 0.3) is 0 Å². The van der Waals surface area contributed by atoms with Crippen LogP contribution in [0.4, 0.5) is 0 Å². The predicted octanol–water partition coefficient (Wildman–Crippen LogP) is 2.14. The number of aryl methyl sites for hydroxylation is 1. The summed E-state index contributed by atoms with van der Waals surface area (Å²) in [6, 6.07) is 7.45. The van der Waals surface area contributed by atoms with Gasteiger partial charge >= 0.3 is 0 Å². The second-order valence-electron chi connectivity index (χ2n) is 7.18. The number of nitrogens with zero attached hydrogens (tertiary/aromatic N) is 3. The molecule has 1 aromatic heterocycles.